The van der Waals surface area contributed by atoms with Crippen molar-refractivity contribution in [3.63, 3.8) is 0 Å². The third-order valence-electron chi connectivity index (χ3n) is 4.07. The molecule has 100 valence electrons. The number of alkyl halides is 1. The molecule has 2 heterocycles. The van der Waals surface area contributed by atoms with Gasteiger partial charge in [0.15, 0.2) is 0 Å². The molecule has 0 aliphatic carbocycles. The average Bonchev–Trinajstić information content (AvgIpc) is 2.47. The highest BCUT2D eigenvalue weighted by Crippen LogP contribution is 2.26. The molecule has 0 atom stereocenters. The van der Waals surface area contributed by atoms with Crippen LogP contribution in [0.15, 0.2) is 30.3 Å². The van der Waals surface area contributed by atoms with Gasteiger partial charge in [-0.1, -0.05) is 18.2 Å². The fourth-order valence-electron chi connectivity index (χ4n) is 2.81. The highest BCUT2D eigenvalue weighted by atomic mass is 19.1. The number of hydrogen-bond acceptors (Lipinski definition) is 2. The summed E-state index contributed by atoms with van der Waals surface area (Å²) in [5, 5.41) is 1.21. The highest BCUT2D eigenvalue weighted by Gasteiger charge is 2.20. The van der Waals surface area contributed by atoms with Gasteiger partial charge in [0.1, 0.15) is 5.82 Å². The summed E-state index contributed by atoms with van der Waals surface area (Å²) in [6, 6.07) is 10.4. The minimum absolute atomic E-state index is 0.183. The topological polar surface area (TPSA) is 16.1 Å². The minimum atomic E-state index is -0.183. The van der Waals surface area contributed by atoms with Crippen LogP contribution in [0.1, 0.15) is 18.4 Å². The molecule has 1 saturated heterocycles. The summed E-state index contributed by atoms with van der Waals surface area (Å²) in [5.41, 5.74) is 2.30. The van der Waals surface area contributed by atoms with Crippen LogP contribution >= 0.6 is 0 Å². The summed E-state index contributed by atoms with van der Waals surface area (Å²) in [4.78, 5) is 7.03. The van der Waals surface area contributed by atoms with Gasteiger partial charge in [0.05, 0.1) is 12.2 Å². The zero-order valence-corrected chi connectivity index (χ0v) is 11.3. The molecule has 0 amide bonds. The average molecular weight is 258 g/mol. The number of piperidine rings is 1. The first-order valence-corrected chi connectivity index (χ1v) is 6.95. The number of nitrogens with zero attached hydrogens (tertiary/aromatic N) is 2. The standard InChI is InChI=1S/C16H19FN2/c1-12-10-16(18-15-5-3-2-4-14(12)15)19-8-6-13(11-17)7-9-19/h2-5,10,13H,6-9,11H2,1H3. The fourth-order valence-corrected chi connectivity index (χ4v) is 2.81. The van der Waals surface area contributed by atoms with Crippen LogP contribution < -0.4 is 4.90 Å². The lowest BCUT2D eigenvalue weighted by atomic mass is 9.98. The van der Waals surface area contributed by atoms with Gasteiger partial charge in [-0.2, -0.15) is 0 Å². The number of anilines is 1. The molecule has 1 aromatic carbocycles. The molecule has 2 nitrogen and oxygen atoms in total. The van der Waals surface area contributed by atoms with E-state index in [9.17, 15) is 4.39 Å². The van der Waals surface area contributed by atoms with Gasteiger partial charge < -0.3 is 4.90 Å². The number of pyridine rings is 1. The Labute approximate surface area is 113 Å². The predicted octanol–water partition coefficient (Wildman–Crippen LogP) is 3.73. The molecule has 19 heavy (non-hydrogen) atoms. The Hall–Kier alpha value is -1.64. The van der Waals surface area contributed by atoms with Crippen molar-refractivity contribution in [2.24, 2.45) is 5.92 Å². The Bertz CT molecular complexity index is 574. The van der Waals surface area contributed by atoms with Crippen molar-refractivity contribution in [3.05, 3.63) is 35.9 Å². The molecule has 1 fully saturated rings. The molecule has 0 N–H and O–H groups in total. The van der Waals surface area contributed by atoms with E-state index in [-0.39, 0.29) is 12.6 Å². The van der Waals surface area contributed by atoms with Crippen molar-refractivity contribution in [1.82, 2.24) is 4.98 Å². The summed E-state index contributed by atoms with van der Waals surface area (Å²) < 4.78 is 12.6. The molecular formula is C16H19FN2. The molecule has 1 aliphatic rings. The number of fused-ring (bicyclic) bond motifs is 1. The van der Waals surface area contributed by atoms with Crippen LogP contribution in [-0.4, -0.2) is 24.7 Å². The minimum Gasteiger partial charge on any atom is -0.357 e. The summed E-state index contributed by atoms with van der Waals surface area (Å²) in [6.45, 7) is 3.78. The first-order chi connectivity index (χ1) is 9.28. The van der Waals surface area contributed by atoms with Crippen molar-refractivity contribution in [1.29, 1.82) is 0 Å². The first kappa shape index (κ1) is 12.4. The van der Waals surface area contributed by atoms with Crippen molar-refractivity contribution >= 4 is 16.7 Å². The van der Waals surface area contributed by atoms with Crippen molar-refractivity contribution < 1.29 is 4.39 Å². The molecule has 0 bridgehead atoms. The van der Waals surface area contributed by atoms with Crippen LogP contribution in [0.5, 0.6) is 0 Å². The molecule has 3 heteroatoms. The van der Waals surface area contributed by atoms with E-state index in [1.54, 1.807) is 0 Å². The zero-order chi connectivity index (χ0) is 13.2. The van der Waals surface area contributed by atoms with Gasteiger partial charge in [-0.3, -0.25) is 4.39 Å². The van der Waals surface area contributed by atoms with Crippen molar-refractivity contribution in [2.75, 3.05) is 24.7 Å². The SMILES string of the molecule is Cc1cc(N2CCC(CF)CC2)nc2ccccc12. The monoisotopic (exact) mass is 258 g/mol. The first-order valence-electron chi connectivity index (χ1n) is 6.95. The Morgan fingerprint density at radius 3 is 2.74 bits per heavy atom. The van der Waals surface area contributed by atoms with E-state index >= 15 is 0 Å². The van der Waals surface area contributed by atoms with Gasteiger partial charge in [-0.25, -0.2) is 4.98 Å². The lowest BCUT2D eigenvalue weighted by molar-refractivity contribution is 0.307. The van der Waals surface area contributed by atoms with Gasteiger partial charge in [0.25, 0.3) is 0 Å². The van der Waals surface area contributed by atoms with Gasteiger partial charge >= 0.3 is 0 Å². The van der Waals surface area contributed by atoms with Crippen molar-refractivity contribution in [2.45, 2.75) is 19.8 Å². The maximum absolute atomic E-state index is 12.6. The van der Waals surface area contributed by atoms with Crippen LogP contribution in [0.4, 0.5) is 10.2 Å². The van der Waals surface area contributed by atoms with Gasteiger partial charge in [-0.15, -0.1) is 0 Å². The summed E-state index contributed by atoms with van der Waals surface area (Å²) in [7, 11) is 0. The van der Waals surface area contributed by atoms with E-state index in [4.69, 9.17) is 4.98 Å². The Morgan fingerprint density at radius 1 is 1.26 bits per heavy atom. The predicted molar refractivity (Wildman–Crippen MR) is 77.4 cm³/mol. The van der Waals surface area contributed by atoms with E-state index in [0.717, 1.165) is 37.3 Å². The van der Waals surface area contributed by atoms with E-state index in [1.807, 2.05) is 12.1 Å². The highest BCUT2D eigenvalue weighted by molar-refractivity contribution is 5.83. The summed E-state index contributed by atoms with van der Waals surface area (Å²) >= 11 is 0. The largest absolute Gasteiger partial charge is 0.357 e. The van der Waals surface area contributed by atoms with Crippen LogP contribution in [0.2, 0.25) is 0 Å². The lowest BCUT2D eigenvalue weighted by Gasteiger charge is -2.32. The van der Waals surface area contributed by atoms with Gasteiger partial charge in [-0.05, 0) is 43.4 Å². The molecule has 3 rings (SSSR count). The lowest BCUT2D eigenvalue weighted by Crippen LogP contribution is -2.34. The van der Waals surface area contributed by atoms with E-state index in [0.29, 0.717) is 0 Å². The molecule has 1 aliphatic heterocycles. The van der Waals surface area contributed by atoms with Crippen LogP contribution in [0.3, 0.4) is 0 Å². The maximum Gasteiger partial charge on any atom is 0.129 e. The second kappa shape index (κ2) is 5.16. The second-order valence-corrected chi connectivity index (χ2v) is 5.40. The zero-order valence-electron chi connectivity index (χ0n) is 11.3. The quantitative estimate of drug-likeness (QED) is 0.816. The van der Waals surface area contributed by atoms with Crippen LogP contribution in [0, 0.1) is 12.8 Å². The smallest absolute Gasteiger partial charge is 0.129 e. The number of rotatable bonds is 2. The maximum atomic E-state index is 12.6. The Morgan fingerprint density at radius 2 is 2.00 bits per heavy atom. The van der Waals surface area contributed by atoms with Crippen molar-refractivity contribution in [3.8, 4) is 0 Å². The molecule has 0 spiro atoms. The van der Waals surface area contributed by atoms with Crippen LogP contribution in [-0.2, 0) is 0 Å². The summed E-state index contributed by atoms with van der Waals surface area (Å²) in [5.74, 6) is 1.28. The third-order valence-corrected chi connectivity index (χ3v) is 4.07. The number of benzene rings is 1. The second-order valence-electron chi connectivity index (χ2n) is 5.40. The third kappa shape index (κ3) is 2.42. The van der Waals surface area contributed by atoms with Gasteiger partial charge in [0.2, 0.25) is 0 Å². The van der Waals surface area contributed by atoms with Crippen LogP contribution in [0.25, 0.3) is 10.9 Å². The number of aromatic nitrogens is 1. The molecule has 0 radical (unpaired) electrons. The number of para-hydroxylation sites is 1. The molecule has 0 unspecified atom stereocenters. The van der Waals surface area contributed by atoms with E-state index in [2.05, 4.69) is 30.0 Å². The Balaban J connectivity index is 1.89. The number of halogens is 1. The molecule has 2 aromatic rings. The van der Waals surface area contributed by atoms with E-state index < -0.39 is 0 Å². The Kier molecular flexibility index (Phi) is 3.36. The number of aryl methyl sites for hydroxylation is 1. The van der Waals surface area contributed by atoms with Gasteiger partial charge in [0, 0.05) is 18.5 Å². The van der Waals surface area contributed by atoms with E-state index in [1.165, 1.54) is 10.9 Å². The molecule has 0 saturated carbocycles. The molecular weight excluding hydrogens is 239 g/mol. The summed E-state index contributed by atoms with van der Waals surface area (Å²) in [6.07, 6.45) is 1.87. The molecule has 1 aromatic heterocycles. The normalized spacial score (nSPS) is 17.1. The number of hydrogen-bond donors (Lipinski definition) is 0. The fraction of sp³-hybridized carbons (Fsp3) is 0.438.